The summed E-state index contributed by atoms with van der Waals surface area (Å²) in [5.74, 6) is -3.24. The van der Waals surface area contributed by atoms with E-state index in [0.29, 0.717) is 24.5 Å². The minimum absolute atomic E-state index is 0.00396. The van der Waals surface area contributed by atoms with Gasteiger partial charge in [0.2, 0.25) is 5.89 Å². The third-order valence-corrected chi connectivity index (χ3v) is 3.94. The van der Waals surface area contributed by atoms with Gasteiger partial charge in [0.15, 0.2) is 5.82 Å². The molecule has 0 saturated carbocycles. The molecule has 0 spiro atoms. The Morgan fingerprint density at radius 1 is 1.44 bits per heavy atom. The summed E-state index contributed by atoms with van der Waals surface area (Å²) < 4.78 is 38.0. The van der Waals surface area contributed by atoms with Crippen molar-refractivity contribution in [2.45, 2.75) is 31.7 Å². The fourth-order valence-electron chi connectivity index (χ4n) is 2.76. The maximum Gasteiger partial charge on any atom is 0.273 e. The molecule has 2 aromatic rings. The molecule has 25 heavy (non-hydrogen) atoms. The van der Waals surface area contributed by atoms with Crippen molar-refractivity contribution in [3.63, 3.8) is 0 Å². The lowest BCUT2D eigenvalue weighted by molar-refractivity contribution is 0.0116. The Hall–Kier alpha value is -2.42. The van der Waals surface area contributed by atoms with Gasteiger partial charge in [-0.05, 0) is 19.1 Å². The molecule has 7 nitrogen and oxygen atoms in total. The molecule has 1 fully saturated rings. The maximum absolute atomic E-state index is 14.0. The van der Waals surface area contributed by atoms with E-state index in [9.17, 15) is 13.6 Å². The Bertz CT molecular complexity index is 765. The van der Waals surface area contributed by atoms with Crippen molar-refractivity contribution < 1.29 is 22.8 Å². The van der Waals surface area contributed by atoms with E-state index in [1.54, 1.807) is 19.1 Å². The largest absolute Gasteiger partial charge is 0.384 e. The summed E-state index contributed by atoms with van der Waals surface area (Å²) in [6, 6.07) is 3.91. The number of hydrogen-bond donors (Lipinski definition) is 0. The van der Waals surface area contributed by atoms with Crippen LogP contribution in [0.25, 0.3) is 0 Å². The Morgan fingerprint density at radius 2 is 2.24 bits per heavy atom. The molecule has 134 valence electrons. The number of aromatic nitrogens is 3. The van der Waals surface area contributed by atoms with Gasteiger partial charge in [-0.3, -0.25) is 4.79 Å². The van der Waals surface area contributed by atoms with Crippen molar-refractivity contribution in [2.75, 3.05) is 20.3 Å². The lowest BCUT2D eigenvalue weighted by Crippen LogP contribution is -2.33. The zero-order valence-electron chi connectivity index (χ0n) is 13.9. The average molecular weight is 352 g/mol. The van der Waals surface area contributed by atoms with Gasteiger partial charge in [-0.15, -0.1) is 0 Å². The molecule has 0 aliphatic carbocycles. The van der Waals surface area contributed by atoms with Gasteiger partial charge >= 0.3 is 0 Å². The summed E-state index contributed by atoms with van der Waals surface area (Å²) in [5.41, 5.74) is 0.745. The first kappa shape index (κ1) is 17.4. The molecule has 3 heterocycles. The molecular formula is C16H18F2N4O3. The first-order valence-corrected chi connectivity index (χ1v) is 7.83. The van der Waals surface area contributed by atoms with Crippen LogP contribution in [0.15, 0.2) is 22.7 Å². The van der Waals surface area contributed by atoms with Gasteiger partial charge in [-0.25, -0.2) is 13.8 Å². The molecule has 0 aromatic carbocycles. The number of rotatable bonds is 5. The molecule has 2 aromatic heterocycles. The lowest BCUT2D eigenvalue weighted by atomic mass is 10.2. The van der Waals surface area contributed by atoms with Crippen LogP contribution in [-0.2, 0) is 11.2 Å². The van der Waals surface area contributed by atoms with E-state index in [2.05, 4.69) is 15.1 Å². The second-order valence-electron chi connectivity index (χ2n) is 5.96. The molecule has 0 bridgehead atoms. The normalized spacial score (nSPS) is 19.4. The predicted molar refractivity (Wildman–Crippen MR) is 82.2 cm³/mol. The van der Waals surface area contributed by atoms with Crippen molar-refractivity contribution in [1.82, 2.24) is 20.0 Å². The molecule has 1 amide bonds. The van der Waals surface area contributed by atoms with Gasteiger partial charge in [0.05, 0.1) is 13.2 Å². The number of carbonyl (C=O) groups is 1. The molecule has 0 radical (unpaired) electrons. The molecular weight excluding hydrogens is 334 g/mol. The van der Waals surface area contributed by atoms with Crippen LogP contribution in [-0.4, -0.2) is 52.1 Å². The predicted octanol–water partition coefficient (Wildman–Crippen LogP) is 2.18. The summed E-state index contributed by atoms with van der Waals surface area (Å²) in [7, 11) is 1.54. The SMILES string of the molecule is COCCc1noc([C@@H]2CC(F)(F)CN2C(=O)c2cccc(C)n2)n1. The van der Waals surface area contributed by atoms with Crippen LogP contribution in [0.4, 0.5) is 8.78 Å². The minimum atomic E-state index is -3.02. The summed E-state index contributed by atoms with van der Waals surface area (Å²) in [6.45, 7) is 1.41. The van der Waals surface area contributed by atoms with E-state index in [1.165, 1.54) is 13.2 Å². The Kier molecular flexibility index (Phi) is 4.76. The van der Waals surface area contributed by atoms with Crippen molar-refractivity contribution in [3.8, 4) is 0 Å². The van der Waals surface area contributed by atoms with Crippen LogP contribution in [0.1, 0.15) is 40.4 Å². The summed E-state index contributed by atoms with van der Waals surface area (Å²) >= 11 is 0. The Morgan fingerprint density at radius 3 is 2.96 bits per heavy atom. The number of halogens is 2. The summed E-state index contributed by atoms with van der Waals surface area (Å²) in [5, 5.41) is 3.76. The fourth-order valence-corrected chi connectivity index (χ4v) is 2.76. The molecule has 9 heteroatoms. The van der Waals surface area contributed by atoms with Crippen LogP contribution in [0, 0.1) is 6.92 Å². The van der Waals surface area contributed by atoms with Gasteiger partial charge in [0.25, 0.3) is 11.8 Å². The standard InChI is InChI=1S/C16H18F2N4O3/c1-10-4-3-5-11(19-10)15(23)22-9-16(17,18)8-12(22)14-20-13(21-25-14)6-7-24-2/h3-5,12H,6-9H2,1-2H3/t12-/m0/s1. The van der Waals surface area contributed by atoms with Gasteiger partial charge in [0.1, 0.15) is 11.7 Å². The smallest absolute Gasteiger partial charge is 0.273 e. The highest BCUT2D eigenvalue weighted by Gasteiger charge is 2.50. The highest BCUT2D eigenvalue weighted by molar-refractivity contribution is 5.92. The number of alkyl halides is 2. The minimum Gasteiger partial charge on any atom is -0.384 e. The number of pyridine rings is 1. The van der Waals surface area contributed by atoms with Crippen molar-refractivity contribution in [2.24, 2.45) is 0 Å². The van der Waals surface area contributed by atoms with Gasteiger partial charge in [0, 0.05) is 25.6 Å². The summed E-state index contributed by atoms with van der Waals surface area (Å²) in [6.07, 6.45) is -0.160. The van der Waals surface area contributed by atoms with Gasteiger partial charge in [-0.2, -0.15) is 4.98 Å². The molecule has 1 atom stereocenters. The fraction of sp³-hybridized carbons (Fsp3) is 0.500. The zero-order chi connectivity index (χ0) is 18.0. The van der Waals surface area contributed by atoms with Crippen molar-refractivity contribution in [1.29, 1.82) is 0 Å². The monoisotopic (exact) mass is 352 g/mol. The van der Waals surface area contributed by atoms with Crippen LogP contribution in [0.3, 0.4) is 0 Å². The van der Waals surface area contributed by atoms with E-state index in [1.807, 2.05) is 0 Å². The molecule has 0 unspecified atom stereocenters. The Labute approximate surface area is 143 Å². The number of nitrogens with zero attached hydrogens (tertiary/aromatic N) is 4. The average Bonchev–Trinajstić information content (AvgIpc) is 3.16. The molecule has 1 aliphatic rings. The first-order chi connectivity index (χ1) is 11.9. The van der Waals surface area contributed by atoms with E-state index in [-0.39, 0.29) is 11.6 Å². The molecule has 0 N–H and O–H groups in total. The van der Waals surface area contributed by atoms with Crippen LogP contribution in [0.2, 0.25) is 0 Å². The quantitative estimate of drug-likeness (QED) is 0.820. The molecule has 1 saturated heterocycles. The number of aryl methyl sites for hydroxylation is 1. The number of amides is 1. The van der Waals surface area contributed by atoms with E-state index >= 15 is 0 Å². The number of carbonyl (C=O) groups excluding carboxylic acids is 1. The van der Waals surface area contributed by atoms with E-state index in [4.69, 9.17) is 9.26 Å². The Balaban J connectivity index is 1.86. The third kappa shape index (κ3) is 3.81. The first-order valence-electron chi connectivity index (χ1n) is 7.83. The lowest BCUT2D eigenvalue weighted by Gasteiger charge is -2.20. The third-order valence-electron chi connectivity index (χ3n) is 3.94. The van der Waals surface area contributed by atoms with Gasteiger partial charge in [-0.1, -0.05) is 11.2 Å². The van der Waals surface area contributed by atoms with E-state index in [0.717, 1.165) is 4.90 Å². The van der Waals surface area contributed by atoms with E-state index < -0.39 is 30.8 Å². The van der Waals surface area contributed by atoms with Crippen molar-refractivity contribution >= 4 is 5.91 Å². The van der Waals surface area contributed by atoms with Crippen LogP contribution in [0.5, 0.6) is 0 Å². The molecule has 1 aliphatic heterocycles. The summed E-state index contributed by atoms with van der Waals surface area (Å²) in [4.78, 5) is 22.0. The second-order valence-corrected chi connectivity index (χ2v) is 5.96. The van der Waals surface area contributed by atoms with Crippen LogP contribution < -0.4 is 0 Å². The zero-order valence-corrected chi connectivity index (χ0v) is 13.9. The number of ether oxygens (including phenoxy) is 1. The maximum atomic E-state index is 14.0. The van der Waals surface area contributed by atoms with Crippen LogP contribution >= 0.6 is 0 Å². The number of methoxy groups -OCH3 is 1. The number of likely N-dealkylation sites (tertiary alicyclic amines) is 1. The highest BCUT2D eigenvalue weighted by Crippen LogP contribution is 2.41. The van der Waals surface area contributed by atoms with Crippen molar-refractivity contribution in [3.05, 3.63) is 41.3 Å². The highest BCUT2D eigenvalue weighted by atomic mass is 19.3. The van der Waals surface area contributed by atoms with Gasteiger partial charge < -0.3 is 14.2 Å². The topological polar surface area (TPSA) is 81.4 Å². The second kappa shape index (κ2) is 6.83. The number of hydrogen-bond acceptors (Lipinski definition) is 6. The molecule has 3 rings (SSSR count).